The summed E-state index contributed by atoms with van der Waals surface area (Å²) in [6.07, 6.45) is 0. The molecule has 0 aliphatic carbocycles. The quantitative estimate of drug-likeness (QED) is 0.595. The second-order valence-electron chi connectivity index (χ2n) is 4.30. The fourth-order valence-corrected chi connectivity index (χ4v) is 2.53. The average molecular weight is 359 g/mol. The van der Waals surface area contributed by atoms with E-state index in [4.69, 9.17) is 4.74 Å². The fraction of sp³-hybridized carbons (Fsp3) is 0.200. The van der Waals surface area contributed by atoms with Crippen LogP contribution in [0.25, 0.3) is 0 Å². The van der Waals surface area contributed by atoms with E-state index in [-0.39, 0.29) is 18.3 Å². The Labute approximate surface area is 130 Å². The van der Waals surface area contributed by atoms with E-state index < -0.39 is 11.6 Å². The minimum atomic E-state index is -0.973. The van der Waals surface area contributed by atoms with Gasteiger partial charge in [-0.1, -0.05) is 46.3 Å². The summed E-state index contributed by atoms with van der Waals surface area (Å²) in [6, 6.07) is 12.2. The molecule has 2 aromatic carbocycles. The highest BCUT2D eigenvalue weighted by Gasteiger charge is 2.15. The number of hydrogen-bond donors (Lipinski definition) is 1. The molecule has 1 unspecified atom stereocenters. The normalized spacial score (nSPS) is 12.2. The van der Waals surface area contributed by atoms with E-state index in [0.717, 1.165) is 11.6 Å². The van der Waals surface area contributed by atoms with Gasteiger partial charge in [0.2, 0.25) is 5.82 Å². The maximum atomic E-state index is 13.6. The van der Waals surface area contributed by atoms with E-state index in [2.05, 4.69) is 28.6 Å². The number of hydrogen-bond acceptors (Lipinski definition) is 2. The van der Waals surface area contributed by atoms with Crippen LogP contribution in [-0.4, -0.2) is 12.4 Å². The lowest BCUT2D eigenvalue weighted by molar-refractivity contribution is 0.278. The molecule has 0 aromatic heterocycles. The zero-order valence-electron chi connectivity index (χ0n) is 10.5. The highest BCUT2D eigenvalue weighted by atomic mass is 79.9. The Hall–Kier alpha value is -1.07. The summed E-state index contributed by atoms with van der Waals surface area (Å²) in [5.41, 5.74) is 1.05. The molecule has 2 aromatic rings. The van der Waals surface area contributed by atoms with Crippen LogP contribution in [0.1, 0.15) is 11.5 Å². The lowest BCUT2D eigenvalue weighted by atomic mass is 10.0. The molecule has 0 heterocycles. The molecule has 0 radical (unpaired) electrons. The van der Waals surface area contributed by atoms with Crippen LogP contribution in [-0.2, 0) is 0 Å². The third kappa shape index (κ3) is 3.73. The van der Waals surface area contributed by atoms with Crippen molar-refractivity contribution in [2.75, 3.05) is 12.4 Å². The Morgan fingerprint density at radius 1 is 1.15 bits per heavy atom. The average Bonchev–Trinajstić information content (AvgIpc) is 2.45. The van der Waals surface area contributed by atoms with Gasteiger partial charge in [-0.2, -0.15) is 17.0 Å². The smallest absolute Gasteiger partial charge is 0.200 e. The number of rotatable bonds is 5. The molecule has 0 saturated carbocycles. The summed E-state index contributed by atoms with van der Waals surface area (Å²) in [5, 5.41) is 0. The largest absolute Gasteiger partial charge is 0.490 e. The van der Waals surface area contributed by atoms with Crippen LogP contribution in [0.3, 0.4) is 0 Å². The first kappa shape index (κ1) is 15.3. The van der Waals surface area contributed by atoms with Gasteiger partial charge in [-0.25, -0.2) is 4.39 Å². The Balaban J connectivity index is 2.11. The van der Waals surface area contributed by atoms with Gasteiger partial charge in [0.05, 0.1) is 6.61 Å². The van der Waals surface area contributed by atoms with Gasteiger partial charge < -0.3 is 4.74 Å². The molecule has 2 rings (SSSR count). The Kier molecular flexibility index (Phi) is 5.43. The molecule has 0 aliphatic heterocycles. The topological polar surface area (TPSA) is 9.23 Å². The van der Waals surface area contributed by atoms with Crippen LogP contribution < -0.4 is 4.74 Å². The van der Waals surface area contributed by atoms with Crippen molar-refractivity contribution in [2.24, 2.45) is 0 Å². The van der Waals surface area contributed by atoms with Gasteiger partial charge in [0.1, 0.15) is 0 Å². The molecule has 1 nitrogen and oxygen atoms in total. The van der Waals surface area contributed by atoms with E-state index in [0.29, 0.717) is 10.2 Å². The molecular weight excluding hydrogens is 346 g/mol. The van der Waals surface area contributed by atoms with E-state index >= 15 is 0 Å². The molecule has 0 amide bonds. The van der Waals surface area contributed by atoms with Gasteiger partial charge in [-0.15, -0.1) is 0 Å². The van der Waals surface area contributed by atoms with E-state index in [1.165, 1.54) is 6.07 Å². The maximum absolute atomic E-state index is 13.6. The first-order chi connectivity index (χ1) is 9.61. The predicted molar refractivity (Wildman–Crippen MR) is 82.6 cm³/mol. The SMILES string of the molecule is Fc1cc(Br)cc(OCC(CS)c2ccccc2)c1F. The maximum Gasteiger partial charge on any atom is 0.200 e. The lowest BCUT2D eigenvalue weighted by Crippen LogP contribution is -2.13. The Bertz CT molecular complexity index is 578. The number of ether oxygens (including phenoxy) is 1. The summed E-state index contributed by atoms with van der Waals surface area (Å²) >= 11 is 7.40. The van der Waals surface area contributed by atoms with Gasteiger partial charge in [0.25, 0.3) is 0 Å². The summed E-state index contributed by atoms with van der Waals surface area (Å²) in [5.74, 6) is -1.43. The molecule has 106 valence electrons. The van der Waals surface area contributed by atoms with Crippen LogP contribution in [0.2, 0.25) is 0 Å². The molecule has 0 fully saturated rings. The third-order valence-electron chi connectivity index (χ3n) is 2.89. The van der Waals surface area contributed by atoms with Crippen LogP contribution in [0.4, 0.5) is 8.78 Å². The second kappa shape index (κ2) is 7.09. The fourth-order valence-electron chi connectivity index (χ4n) is 1.81. The molecule has 20 heavy (non-hydrogen) atoms. The summed E-state index contributed by atoms with van der Waals surface area (Å²) in [6.45, 7) is 0.236. The zero-order chi connectivity index (χ0) is 14.5. The van der Waals surface area contributed by atoms with Gasteiger partial charge in [-0.05, 0) is 17.7 Å². The standard InChI is InChI=1S/C15H13BrF2OS/c16-12-6-13(17)15(18)14(7-12)19-8-11(9-20)10-4-2-1-3-5-10/h1-7,11,20H,8-9H2. The summed E-state index contributed by atoms with van der Waals surface area (Å²) in [7, 11) is 0. The minimum Gasteiger partial charge on any atom is -0.490 e. The van der Waals surface area contributed by atoms with Crippen molar-refractivity contribution in [2.45, 2.75) is 5.92 Å². The molecular formula is C15H13BrF2OS. The highest BCUT2D eigenvalue weighted by Crippen LogP contribution is 2.27. The highest BCUT2D eigenvalue weighted by molar-refractivity contribution is 9.10. The second-order valence-corrected chi connectivity index (χ2v) is 5.58. The molecule has 1 atom stereocenters. The van der Waals surface area contributed by atoms with E-state index in [1.54, 1.807) is 0 Å². The van der Waals surface area contributed by atoms with Crippen molar-refractivity contribution in [1.29, 1.82) is 0 Å². The number of thiol groups is 1. The van der Waals surface area contributed by atoms with Crippen molar-refractivity contribution in [3.63, 3.8) is 0 Å². The van der Waals surface area contributed by atoms with Crippen molar-refractivity contribution >= 4 is 28.6 Å². The van der Waals surface area contributed by atoms with Crippen molar-refractivity contribution in [3.05, 3.63) is 64.1 Å². The van der Waals surface area contributed by atoms with Gasteiger partial charge in [-0.3, -0.25) is 0 Å². The van der Waals surface area contributed by atoms with Crippen LogP contribution in [0.15, 0.2) is 46.9 Å². The third-order valence-corrected chi connectivity index (χ3v) is 3.79. The minimum absolute atomic E-state index is 0.0148. The summed E-state index contributed by atoms with van der Waals surface area (Å²) in [4.78, 5) is 0. The van der Waals surface area contributed by atoms with Crippen molar-refractivity contribution in [3.8, 4) is 5.75 Å². The first-order valence-corrected chi connectivity index (χ1v) is 7.47. The molecule has 0 spiro atoms. The Morgan fingerprint density at radius 3 is 2.50 bits per heavy atom. The molecule has 5 heteroatoms. The van der Waals surface area contributed by atoms with Crippen LogP contribution in [0, 0.1) is 11.6 Å². The monoisotopic (exact) mass is 358 g/mol. The Morgan fingerprint density at radius 2 is 1.85 bits per heavy atom. The van der Waals surface area contributed by atoms with Crippen LogP contribution >= 0.6 is 28.6 Å². The predicted octanol–water partition coefficient (Wildman–Crippen LogP) is 4.82. The number of benzene rings is 2. The van der Waals surface area contributed by atoms with E-state index in [9.17, 15) is 8.78 Å². The van der Waals surface area contributed by atoms with Gasteiger partial charge in [0, 0.05) is 16.1 Å². The molecule has 0 aliphatic rings. The molecule has 0 bridgehead atoms. The lowest BCUT2D eigenvalue weighted by Gasteiger charge is -2.16. The van der Waals surface area contributed by atoms with Gasteiger partial charge >= 0.3 is 0 Å². The molecule has 0 N–H and O–H groups in total. The van der Waals surface area contributed by atoms with Crippen LogP contribution in [0.5, 0.6) is 5.75 Å². The zero-order valence-corrected chi connectivity index (χ0v) is 13.0. The first-order valence-electron chi connectivity index (χ1n) is 6.05. The van der Waals surface area contributed by atoms with Crippen molar-refractivity contribution in [1.82, 2.24) is 0 Å². The molecule has 0 saturated heterocycles. The van der Waals surface area contributed by atoms with Gasteiger partial charge in [0.15, 0.2) is 11.6 Å². The summed E-state index contributed by atoms with van der Waals surface area (Å²) < 4.78 is 32.7. The van der Waals surface area contributed by atoms with E-state index in [1.807, 2.05) is 30.3 Å². The van der Waals surface area contributed by atoms with Crippen molar-refractivity contribution < 1.29 is 13.5 Å². The number of halogens is 3.